The van der Waals surface area contributed by atoms with Gasteiger partial charge in [0.15, 0.2) is 0 Å². The minimum Gasteiger partial charge on any atom is -0.492 e. The number of benzene rings is 3. The second-order valence-electron chi connectivity index (χ2n) is 6.89. The number of carbonyl (C=O) groups is 1. The fourth-order valence-corrected chi connectivity index (χ4v) is 4.67. The summed E-state index contributed by atoms with van der Waals surface area (Å²) in [7, 11) is 0. The Bertz CT molecular complexity index is 1220. The van der Waals surface area contributed by atoms with Crippen LogP contribution in [0.5, 0.6) is 5.75 Å². The van der Waals surface area contributed by atoms with E-state index in [1.165, 1.54) is 0 Å². The second-order valence-corrected chi connectivity index (χ2v) is 7.98. The van der Waals surface area contributed by atoms with E-state index in [0.29, 0.717) is 6.61 Å². The van der Waals surface area contributed by atoms with E-state index in [1.54, 1.807) is 11.8 Å². The van der Waals surface area contributed by atoms with Gasteiger partial charge in [-0.05, 0) is 36.4 Å². The molecule has 0 atom stereocenters. The van der Waals surface area contributed by atoms with E-state index in [4.69, 9.17) is 4.74 Å². The Kier molecular flexibility index (Phi) is 4.70. The number of hydrogen-bond acceptors (Lipinski definition) is 3. The molecule has 0 unspecified atom stereocenters. The summed E-state index contributed by atoms with van der Waals surface area (Å²) in [5.74, 6) is 0.979. The quantitative estimate of drug-likeness (QED) is 0.384. The Hall–Kier alpha value is -3.24. The number of para-hydroxylation sites is 2. The number of aromatic nitrogens is 1. The third-order valence-corrected chi connectivity index (χ3v) is 6.12. The van der Waals surface area contributed by atoms with E-state index < -0.39 is 0 Å². The Morgan fingerprint density at radius 3 is 2.52 bits per heavy atom. The van der Waals surface area contributed by atoms with Crippen molar-refractivity contribution >= 4 is 34.5 Å². The topological polar surface area (TPSA) is 31.2 Å². The molecule has 1 aromatic heterocycles. The molecule has 4 aromatic rings. The van der Waals surface area contributed by atoms with Crippen molar-refractivity contribution in [1.82, 2.24) is 4.57 Å². The highest BCUT2D eigenvalue weighted by Crippen LogP contribution is 2.41. The van der Waals surface area contributed by atoms with Gasteiger partial charge < -0.3 is 9.30 Å². The third kappa shape index (κ3) is 3.47. The fraction of sp³-hybridized carbons (Fsp3) is 0.0800. The van der Waals surface area contributed by atoms with Crippen LogP contribution in [0.4, 0.5) is 0 Å². The number of thioether (sulfide) groups is 1. The number of hydrogen-bond donors (Lipinski definition) is 0. The van der Waals surface area contributed by atoms with Crippen molar-refractivity contribution in [2.45, 2.75) is 11.4 Å². The molecule has 0 spiro atoms. The number of allylic oxidation sites excluding steroid dienone is 1. The summed E-state index contributed by atoms with van der Waals surface area (Å²) >= 11 is 1.55. The van der Waals surface area contributed by atoms with Gasteiger partial charge in [-0.25, -0.2) is 0 Å². The summed E-state index contributed by atoms with van der Waals surface area (Å²) in [6.45, 7) is 1.32. The lowest BCUT2D eigenvalue weighted by molar-refractivity contribution is 0.104. The van der Waals surface area contributed by atoms with Crippen molar-refractivity contribution in [2.75, 3.05) is 6.61 Å². The maximum Gasteiger partial charge on any atom is 0.200 e. The minimum absolute atomic E-state index is 0.106. The number of fused-ring (bicyclic) bond motifs is 2. The summed E-state index contributed by atoms with van der Waals surface area (Å²) in [5.41, 5.74) is 3.00. The van der Waals surface area contributed by atoms with E-state index in [2.05, 4.69) is 22.9 Å². The molecule has 5 rings (SSSR count). The molecule has 1 aliphatic heterocycles. The number of carbonyl (C=O) groups excluding carboxylic acids is 1. The molecule has 142 valence electrons. The molecule has 0 N–H and O–H groups in total. The zero-order valence-corrected chi connectivity index (χ0v) is 16.6. The molecule has 0 saturated heterocycles. The lowest BCUT2D eigenvalue weighted by Crippen LogP contribution is -2.07. The van der Waals surface area contributed by atoms with Crippen LogP contribution in [0.3, 0.4) is 0 Å². The molecule has 3 nitrogen and oxygen atoms in total. The summed E-state index contributed by atoms with van der Waals surface area (Å²) in [5, 5.41) is 1.14. The number of Topliss-reactive ketones (excluding diaryl/α,β-unsaturated/α-hetero) is 1. The van der Waals surface area contributed by atoms with E-state index >= 15 is 0 Å². The Balaban J connectivity index is 1.43. The highest BCUT2D eigenvalue weighted by molar-refractivity contribution is 8.04. The zero-order valence-electron chi connectivity index (χ0n) is 15.7. The molecule has 2 heterocycles. The van der Waals surface area contributed by atoms with Crippen LogP contribution in [0.15, 0.2) is 94.9 Å². The molecular weight excluding hydrogens is 378 g/mol. The first-order valence-corrected chi connectivity index (χ1v) is 10.4. The van der Waals surface area contributed by atoms with E-state index in [0.717, 1.165) is 44.1 Å². The van der Waals surface area contributed by atoms with Gasteiger partial charge >= 0.3 is 0 Å². The SMILES string of the molecule is O=C1/C(=C/c2cn(CCOc3ccccc3)c3ccccc23)Sc2ccccc21. The summed E-state index contributed by atoms with van der Waals surface area (Å²) in [6.07, 6.45) is 4.13. The van der Waals surface area contributed by atoms with Crippen molar-refractivity contribution in [3.8, 4) is 5.75 Å². The summed E-state index contributed by atoms with van der Waals surface area (Å²) in [4.78, 5) is 14.6. The van der Waals surface area contributed by atoms with Gasteiger partial charge in [-0.1, -0.05) is 60.3 Å². The van der Waals surface area contributed by atoms with Crippen LogP contribution in [0.1, 0.15) is 15.9 Å². The van der Waals surface area contributed by atoms with Crippen LogP contribution in [-0.4, -0.2) is 17.0 Å². The average molecular weight is 397 g/mol. The van der Waals surface area contributed by atoms with Gasteiger partial charge in [-0.3, -0.25) is 4.79 Å². The van der Waals surface area contributed by atoms with Crippen LogP contribution in [0, 0.1) is 0 Å². The predicted octanol–water partition coefficient (Wildman–Crippen LogP) is 6.05. The van der Waals surface area contributed by atoms with Crippen molar-refractivity contribution in [1.29, 1.82) is 0 Å². The monoisotopic (exact) mass is 397 g/mol. The van der Waals surface area contributed by atoms with Gasteiger partial charge in [-0.15, -0.1) is 0 Å². The molecule has 3 aromatic carbocycles. The van der Waals surface area contributed by atoms with Gasteiger partial charge in [-0.2, -0.15) is 0 Å². The van der Waals surface area contributed by atoms with Crippen LogP contribution in [0.25, 0.3) is 17.0 Å². The number of ether oxygens (including phenoxy) is 1. The number of rotatable bonds is 5. The minimum atomic E-state index is 0.106. The average Bonchev–Trinajstić information content (AvgIpc) is 3.27. The van der Waals surface area contributed by atoms with Crippen LogP contribution < -0.4 is 4.74 Å². The maximum absolute atomic E-state index is 12.8. The van der Waals surface area contributed by atoms with Gasteiger partial charge in [0.25, 0.3) is 0 Å². The van der Waals surface area contributed by atoms with Crippen molar-refractivity contribution in [3.05, 3.63) is 101 Å². The lowest BCUT2D eigenvalue weighted by Gasteiger charge is -2.08. The smallest absolute Gasteiger partial charge is 0.200 e. The van der Waals surface area contributed by atoms with E-state index in [9.17, 15) is 4.79 Å². The summed E-state index contributed by atoms with van der Waals surface area (Å²) in [6, 6.07) is 25.9. The Labute approximate surface area is 173 Å². The van der Waals surface area contributed by atoms with Crippen molar-refractivity contribution < 1.29 is 9.53 Å². The molecule has 0 radical (unpaired) electrons. The van der Waals surface area contributed by atoms with Gasteiger partial charge in [0, 0.05) is 33.1 Å². The van der Waals surface area contributed by atoms with Gasteiger partial charge in [0.1, 0.15) is 12.4 Å². The van der Waals surface area contributed by atoms with E-state index in [-0.39, 0.29) is 5.78 Å². The molecular formula is C25H19NO2S. The highest BCUT2D eigenvalue weighted by atomic mass is 32.2. The molecule has 29 heavy (non-hydrogen) atoms. The van der Waals surface area contributed by atoms with Crippen LogP contribution in [0.2, 0.25) is 0 Å². The highest BCUT2D eigenvalue weighted by Gasteiger charge is 2.25. The predicted molar refractivity (Wildman–Crippen MR) is 118 cm³/mol. The standard InChI is InChI=1S/C25H19NO2S/c27-25-21-11-5-7-13-23(21)29-24(25)16-18-17-26(22-12-6-4-10-20(18)22)14-15-28-19-8-2-1-3-9-19/h1-13,16-17H,14-15H2/b24-16-. The molecule has 4 heteroatoms. The van der Waals surface area contributed by atoms with E-state index in [1.807, 2.05) is 72.8 Å². The fourth-order valence-electron chi connectivity index (χ4n) is 3.63. The van der Waals surface area contributed by atoms with Crippen molar-refractivity contribution in [3.63, 3.8) is 0 Å². The van der Waals surface area contributed by atoms with Crippen molar-refractivity contribution in [2.24, 2.45) is 0 Å². The molecule has 0 fully saturated rings. The second kappa shape index (κ2) is 7.64. The normalized spacial score (nSPS) is 14.5. The largest absolute Gasteiger partial charge is 0.492 e. The van der Waals surface area contributed by atoms with Crippen LogP contribution in [-0.2, 0) is 6.54 Å². The number of ketones is 1. The zero-order chi connectivity index (χ0) is 19.6. The Morgan fingerprint density at radius 2 is 1.66 bits per heavy atom. The third-order valence-electron chi connectivity index (χ3n) is 5.03. The first-order valence-electron chi connectivity index (χ1n) is 9.58. The Morgan fingerprint density at radius 1 is 0.897 bits per heavy atom. The molecule has 0 aliphatic carbocycles. The maximum atomic E-state index is 12.8. The first kappa shape index (κ1) is 17.8. The molecule has 0 saturated carbocycles. The first-order chi connectivity index (χ1) is 14.3. The number of nitrogens with zero attached hydrogens (tertiary/aromatic N) is 1. The lowest BCUT2D eigenvalue weighted by atomic mass is 10.1. The molecule has 0 amide bonds. The van der Waals surface area contributed by atoms with Crippen LogP contribution >= 0.6 is 11.8 Å². The molecule has 1 aliphatic rings. The summed E-state index contributed by atoms with van der Waals surface area (Å²) < 4.78 is 8.06. The molecule has 0 bridgehead atoms. The van der Waals surface area contributed by atoms with Gasteiger partial charge in [0.05, 0.1) is 11.4 Å². The van der Waals surface area contributed by atoms with Gasteiger partial charge in [0.2, 0.25) is 5.78 Å².